The van der Waals surface area contributed by atoms with E-state index in [0.717, 1.165) is 18.3 Å². The van der Waals surface area contributed by atoms with Crippen molar-refractivity contribution in [3.8, 4) is 0 Å². The van der Waals surface area contributed by atoms with Gasteiger partial charge in [0.15, 0.2) is 5.13 Å². The smallest absolute Gasteiger partial charge is 0.180 e. The fourth-order valence-electron chi connectivity index (χ4n) is 2.33. The standard InChI is InChI=1S/C11H19N3S/c1-2-10-5-3-4-6-14(10)7-9-8-15-11(12)13-9/h8,10H,2-7H2,1H3,(H2,12,13). The van der Waals surface area contributed by atoms with Gasteiger partial charge in [0.1, 0.15) is 0 Å². The molecule has 2 heterocycles. The van der Waals surface area contributed by atoms with E-state index in [2.05, 4.69) is 22.2 Å². The van der Waals surface area contributed by atoms with Crippen LogP contribution in [0, 0.1) is 0 Å². The highest BCUT2D eigenvalue weighted by Crippen LogP contribution is 2.22. The number of anilines is 1. The van der Waals surface area contributed by atoms with Crippen molar-refractivity contribution in [1.82, 2.24) is 9.88 Å². The molecule has 3 nitrogen and oxygen atoms in total. The summed E-state index contributed by atoms with van der Waals surface area (Å²) in [7, 11) is 0. The first-order valence-corrected chi connectivity index (χ1v) is 6.61. The van der Waals surface area contributed by atoms with Crippen molar-refractivity contribution in [2.75, 3.05) is 12.3 Å². The molecule has 0 spiro atoms. The number of hydrogen-bond donors (Lipinski definition) is 1. The quantitative estimate of drug-likeness (QED) is 0.859. The molecule has 84 valence electrons. The van der Waals surface area contributed by atoms with Gasteiger partial charge in [-0.25, -0.2) is 4.98 Å². The van der Waals surface area contributed by atoms with Gasteiger partial charge in [0.2, 0.25) is 0 Å². The molecule has 2 N–H and O–H groups in total. The first-order chi connectivity index (χ1) is 7.29. The molecule has 0 aliphatic carbocycles. The molecule has 0 aromatic carbocycles. The van der Waals surface area contributed by atoms with Crippen LogP contribution in [0.1, 0.15) is 38.3 Å². The first-order valence-electron chi connectivity index (χ1n) is 5.73. The van der Waals surface area contributed by atoms with Crippen LogP contribution in [-0.2, 0) is 6.54 Å². The van der Waals surface area contributed by atoms with Crippen molar-refractivity contribution in [2.24, 2.45) is 0 Å². The largest absolute Gasteiger partial charge is 0.375 e. The van der Waals surface area contributed by atoms with E-state index in [1.54, 1.807) is 11.3 Å². The molecular weight excluding hydrogens is 206 g/mol. The average Bonchev–Trinajstić information content (AvgIpc) is 2.65. The highest BCUT2D eigenvalue weighted by atomic mass is 32.1. The van der Waals surface area contributed by atoms with Crippen LogP contribution in [-0.4, -0.2) is 22.5 Å². The number of hydrogen-bond acceptors (Lipinski definition) is 4. The molecule has 1 fully saturated rings. The van der Waals surface area contributed by atoms with Crippen LogP contribution < -0.4 is 5.73 Å². The third-order valence-corrected chi connectivity index (χ3v) is 3.88. The Morgan fingerprint density at radius 2 is 2.47 bits per heavy atom. The Morgan fingerprint density at radius 3 is 3.13 bits per heavy atom. The van der Waals surface area contributed by atoms with Crippen LogP contribution in [0.3, 0.4) is 0 Å². The van der Waals surface area contributed by atoms with Gasteiger partial charge in [-0.2, -0.15) is 0 Å². The molecule has 1 aromatic rings. The summed E-state index contributed by atoms with van der Waals surface area (Å²) in [4.78, 5) is 6.88. The lowest BCUT2D eigenvalue weighted by Gasteiger charge is -2.34. The Kier molecular flexibility index (Phi) is 3.59. The second-order valence-corrected chi connectivity index (χ2v) is 5.10. The zero-order valence-electron chi connectivity index (χ0n) is 9.28. The van der Waals surface area contributed by atoms with E-state index in [-0.39, 0.29) is 0 Å². The number of nitrogen functional groups attached to an aromatic ring is 1. The van der Waals surface area contributed by atoms with Gasteiger partial charge in [0.05, 0.1) is 5.69 Å². The number of aromatic nitrogens is 1. The molecule has 0 bridgehead atoms. The summed E-state index contributed by atoms with van der Waals surface area (Å²) in [5.41, 5.74) is 6.78. The lowest BCUT2D eigenvalue weighted by Crippen LogP contribution is -2.38. The van der Waals surface area contributed by atoms with Crippen molar-refractivity contribution in [3.63, 3.8) is 0 Å². The maximum atomic E-state index is 5.64. The van der Waals surface area contributed by atoms with Crippen LogP contribution in [0.4, 0.5) is 5.13 Å². The van der Waals surface area contributed by atoms with Gasteiger partial charge in [-0.15, -0.1) is 11.3 Å². The van der Waals surface area contributed by atoms with E-state index in [1.807, 2.05) is 0 Å². The Morgan fingerprint density at radius 1 is 1.60 bits per heavy atom. The number of piperidine rings is 1. The fraction of sp³-hybridized carbons (Fsp3) is 0.727. The van der Waals surface area contributed by atoms with Crippen LogP contribution in [0.2, 0.25) is 0 Å². The summed E-state index contributed by atoms with van der Waals surface area (Å²) in [6.45, 7) is 4.47. The maximum Gasteiger partial charge on any atom is 0.180 e. The molecule has 1 saturated heterocycles. The molecule has 1 aliphatic heterocycles. The molecular formula is C11H19N3S. The minimum Gasteiger partial charge on any atom is -0.375 e. The number of nitrogens with zero attached hydrogens (tertiary/aromatic N) is 2. The average molecular weight is 225 g/mol. The van der Waals surface area contributed by atoms with Gasteiger partial charge >= 0.3 is 0 Å². The van der Waals surface area contributed by atoms with Crippen molar-refractivity contribution in [3.05, 3.63) is 11.1 Å². The van der Waals surface area contributed by atoms with E-state index in [9.17, 15) is 0 Å². The third kappa shape index (κ3) is 2.69. The SMILES string of the molecule is CCC1CCCCN1Cc1csc(N)n1. The molecule has 0 amide bonds. The molecule has 2 rings (SSSR count). The molecule has 1 unspecified atom stereocenters. The summed E-state index contributed by atoms with van der Waals surface area (Å²) >= 11 is 1.54. The number of thiazole rings is 1. The first kappa shape index (κ1) is 10.9. The Hall–Kier alpha value is -0.610. The van der Waals surface area contributed by atoms with Gasteiger partial charge in [-0.1, -0.05) is 13.3 Å². The summed E-state index contributed by atoms with van der Waals surface area (Å²) < 4.78 is 0. The van der Waals surface area contributed by atoms with E-state index in [4.69, 9.17) is 5.73 Å². The molecule has 1 aromatic heterocycles. The zero-order chi connectivity index (χ0) is 10.7. The molecule has 15 heavy (non-hydrogen) atoms. The number of likely N-dealkylation sites (tertiary alicyclic amines) is 1. The summed E-state index contributed by atoms with van der Waals surface area (Å²) in [6.07, 6.45) is 5.31. The molecule has 1 atom stereocenters. The topological polar surface area (TPSA) is 42.1 Å². The second-order valence-electron chi connectivity index (χ2n) is 4.21. The Balaban J connectivity index is 1.97. The van der Waals surface area contributed by atoms with Crippen molar-refractivity contribution >= 4 is 16.5 Å². The lowest BCUT2D eigenvalue weighted by atomic mass is 10.00. The van der Waals surface area contributed by atoms with E-state index < -0.39 is 0 Å². The van der Waals surface area contributed by atoms with Crippen LogP contribution in [0.5, 0.6) is 0 Å². The Bertz CT molecular complexity index is 311. The lowest BCUT2D eigenvalue weighted by molar-refractivity contribution is 0.135. The summed E-state index contributed by atoms with van der Waals surface area (Å²) in [5, 5.41) is 2.77. The van der Waals surface area contributed by atoms with Crippen molar-refractivity contribution in [2.45, 2.75) is 45.2 Å². The van der Waals surface area contributed by atoms with Gasteiger partial charge in [-0.05, 0) is 25.8 Å². The minimum atomic E-state index is 0.690. The monoisotopic (exact) mass is 225 g/mol. The van der Waals surface area contributed by atoms with Crippen LogP contribution >= 0.6 is 11.3 Å². The van der Waals surface area contributed by atoms with Crippen molar-refractivity contribution < 1.29 is 0 Å². The summed E-state index contributed by atoms with van der Waals surface area (Å²) in [5.74, 6) is 0. The number of rotatable bonds is 3. The highest BCUT2D eigenvalue weighted by Gasteiger charge is 2.21. The van der Waals surface area contributed by atoms with E-state index in [1.165, 1.54) is 32.2 Å². The minimum absolute atomic E-state index is 0.690. The summed E-state index contributed by atoms with van der Waals surface area (Å²) in [6, 6.07) is 0.752. The van der Waals surface area contributed by atoms with Crippen LogP contribution in [0.15, 0.2) is 5.38 Å². The third-order valence-electron chi connectivity index (χ3n) is 3.15. The molecule has 0 saturated carbocycles. The molecule has 0 radical (unpaired) electrons. The molecule has 4 heteroatoms. The van der Waals surface area contributed by atoms with E-state index >= 15 is 0 Å². The number of nitrogens with two attached hydrogens (primary N) is 1. The second kappa shape index (κ2) is 4.94. The normalized spacial score (nSPS) is 23.1. The van der Waals surface area contributed by atoms with Gasteiger partial charge in [0, 0.05) is 18.0 Å². The highest BCUT2D eigenvalue weighted by molar-refractivity contribution is 7.13. The van der Waals surface area contributed by atoms with Crippen LogP contribution in [0.25, 0.3) is 0 Å². The predicted octanol–water partition coefficient (Wildman–Crippen LogP) is 2.49. The Labute approximate surface area is 95.3 Å². The van der Waals surface area contributed by atoms with Gasteiger partial charge in [-0.3, -0.25) is 4.90 Å². The maximum absolute atomic E-state index is 5.64. The van der Waals surface area contributed by atoms with Crippen molar-refractivity contribution in [1.29, 1.82) is 0 Å². The molecule has 1 aliphatic rings. The van der Waals surface area contributed by atoms with Gasteiger partial charge < -0.3 is 5.73 Å². The van der Waals surface area contributed by atoms with Gasteiger partial charge in [0.25, 0.3) is 0 Å². The fourth-order valence-corrected chi connectivity index (χ4v) is 2.89. The predicted molar refractivity (Wildman–Crippen MR) is 64.9 cm³/mol. The zero-order valence-corrected chi connectivity index (χ0v) is 10.1. The van der Waals surface area contributed by atoms with E-state index in [0.29, 0.717) is 5.13 Å².